The highest BCUT2D eigenvalue weighted by atomic mass is 32.2. The number of carbonyl (C=O) groups is 2. The molecule has 0 N–H and O–H groups in total. The van der Waals surface area contributed by atoms with Gasteiger partial charge in [-0.2, -0.15) is 5.26 Å². The number of rotatable bonds is 10. The molecule has 12 heteroatoms. The number of sulfonamides is 1. The molecule has 0 unspecified atom stereocenters. The van der Waals surface area contributed by atoms with Crippen molar-refractivity contribution in [3.63, 3.8) is 0 Å². The summed E-state index contributed by atoms with van der Waals surface area (Å²) in [7, 11) is -4.33. The van der Waals surface area contributed by atoms with Crippen molar-refractivity contribution in [2.24, 2.45) is 0 Å². The first-order valence-corrected chi connectivity index (χ1v) is 15.2. The van der Waals surface area contributed by atoms with Crippen molar-refractivity contribution in [3.8, 4) is 11.8 Å². The summed E-state index contributed by atoms with van der Waals surface area (Å²) in [6, 6.07) is 14.3. The normalized spacial score (nSPS) is 14.6. The van der Waals surface area contributed by atoms with Gasteiger partial charge in [0.15, 0.2) is 5.75 Å². The molecule has 1 fully saturated rings. The molecule has 42 heavy (non-hydrogen) atoms. The summed E-state index contributed by atoms with van der Waals surface area (Å²) in [5.74, 6) is -2.24. The Balaban J connectivity index is 1.74. The van der Waals surface area contributed by atoms with Crippen LogP contribution in [0, 0.1) is 11.3 Å². The van der Waals surface area contributed by atoms with Gasteiger partial charge in [0.25, 0.3) is 0 Å². The summed E-state index contributed by atoms with van der Waals surface area (Å²) in [5.41, 5.74) is 0.260. The van der Waals surface area contributed by atoms with E-state index < -0.39 is 39.7 Å². The van der Waals surface area contributed by atoms with Crippen molar-refractivity contribution in [1.29, 1.82) is 5.26 Å². The number of halogens is 1. The number of nitrogens with zero attached hydrogens (tertiary/aromatic N) is 3. The Morgan fingerprint density at radius 2 is 1.81 bits per heavy atom. The van der Waals surface area contributed by atoms with E-state index in [0.717, 1.165) is 10.4 Å². The van der Waals surface area contributed by atoms with Gasteiger partial charge in [0.05, 0.1) is 30.5 Å². The molecule has 1 aliphatic rings. The Morgan fingerprint density at radius 3 is 2.40 bits per heavy atom. The number of anilines is 1. The lowest BCUT2D eigenvalue weighted by Gasteiger charge is -2.33. The van der Waals surface area contributed by atoms with E-state index in [0.29, 0.717) is 42.8 Å². The van der Waals surface area contributed by atoms with Crippen LogP contribution in [0.4, 0.5) is 14.9 Å². The van der Waals surface area contributed by atoms with Crippen LogP contribution >= 0.6 is 0 Å². The topological polar surface area (TPSA) is 126 Å². The van der Waals surface area contributed by atoms with E-state index in [4.69, 9.17) is 19.5 Å². The maximum atomic E-state index is 15.1. The molecule has 0 radical (unpaired) electrons. The predicted molar refractivity (Wildman–Crippen MR) is 156 cm³/mol. The predicted octanol–water partition coefficient (Wildman–Crippen LogP) is 5.05. The molecule has 0 saturated carbocycles. The van der Waals surface area contributed by atoms with Gasteiger partial charge < -0.3 is 19.1 Å². The summed E-state index contributed by atoms with van der Waals surface area (Å²) < 4.78 is 58.6. The van der Waals surface area contributed by atoms with Gasteiger partial charge in [-0.3, -0.25) is 9.10 Å². The summed E-state index contributed by atoms with van der Waals surface area (Å²) in [5, 5.41) is 9.09. The number of nitriles is 1. The van der Waals surface area contributed by atoms with Crippen LogP contribution in [0.1, 0.15) is 51.7 Å². The summed E-state index contributed by atoms with van der Waals surface area (Å²) in [4.78, 5) is 26.0. The van der Waals surface area contributed by atoms with Gasteiger partial charge in [-0.05, 0) is 75.7 Å². The van der Waals surface area contributed by atoms with Crippen LogP contribution < -0.4 is 9.04 Å². The number of hydrogen-bond acceptors (Lipinski definition) is 8. The summed E-state index contributed by atoms with van der Waals surface area (Å²) >= 11 is 0. The molecule has 10 nitrogen and oxygen atoms in total. The highest BCUT2D eigenvalue weighted by molar-refractivity contribution is 7.93. The van der Waals surface area contributed by atoms with Gasteiger partial charge >= 0.3 is 12.1 Å². The number of esters is 1. The lowest BCUT2D eigenvalue weighted by Crippen LogP contribution is -2.44. The van der Waals surface area contributed by atoms with Crippen molar-refractivity contribution in [3.05, 3.63) is 65.5 Å². The number of amides is 1. The van der Waals surface area contributed by atoms with E-state index >= 15 is 4.39 Å². The number of ether oxygens (including phenoxy) is 3. The fraction of sp³-hybridized carbons (Fsp3) is 0.433. The van der Waals surface area contributed by atoms with Crippen molar-refractivity contribution in [2.75, 3.05) is 36.3 Å². The van der Waals surface area contributed by atoms with Crippen molar-refractivity contribution in [1.82, 2.24) is 4.90 Å². The second-order valence-electron chi connectivity index (χ2n) is 10.7. The van der Waals surface area contributed by atoms with Gasteiger partial charge in [0, 0.05) is 25.9 Å². The highest BCUT2D eigenvalue weighted by Crippen LogP contribution is 2.27. The molecule has 0 atom stereocenters. The number of hydrogen-bond donors (Lipinski definition) is 0. The molecule has 0 bridgehead atoms. The summed E-state index contributed by atoms with van der Waals surface area (Å²) in [6.07, 6.45) is 1.78. The molecule has 2 aromatic carbocycles. The van der Waals surface area contributed by atoms with Gasteiger partial charge in [-0.15, -0.1) is 0 Å². The van der Waals surface area contributed by atoms with Gasteiger partial charge in [0.1, 0.15) is 23.3 Å². The lowest BCUT2D eigenvalue weighted by atomic mass is 10.1. The number of piperidine rings is 1. The summed E-state index contributed by atoms with van der Waals surface area (Å²) in [6.45, 7) is 7.26. The smallest absolute Gasteiger partial charge is 0.410 e. The molecule has 1 aliphatic heterocycles. The van der Waals surface area contributed by atoms with Crippen LogP contribution in [0.5, 0.6) is 5.75 Å². The van der Waals surface area contributed by atoms with E-state index in [1.165, 1.54) is 18.2 Å². The SMILES string of the molecule is CCOC(=O)CS(=O)(=O)N(CC(F)=Cc1cccc(C#N)c1)c1ccc(OC2CCN(C(=O)OC(C)(C)C)CC2)cc1. The average molecular weight is 602 g/mol. The Kier molecular flexibility index (Phi) is 10.9. The number of likely N-dealkylation sites (tertiary alicyclic amines) is 1. The average Bonchev–Trinajstić information content (AvgIpc) is 2.91. The standard InChI is InChI=1S/C30H36FN3O7S/c1-5-39-28(35)21-42(37,38)34(20-24(31)18-22-7-6-8-23(17-22)19-32)25-9-11-26(12-10-25)40-27-13-15-33(16-14-27)29(36)41-30(2,3)4/h6-12,17-18,27H,5,13-16,20-21H2,1-4H3. The third-order valence-corrected chi connectivity index (χ3v) is 7.71. The quantitative estimate of drug-likeness (QED) is 0.347. The van der Waals surface area contributed by atoms with E-state index in [2.05, 4.69) is 0 Å². The van der Waals surface area contributed by atoms with Crippen LogP contribution in [0.3, 0.4) is 0 Å². The number of carbonyl (C=O) groups excluding carboxylic acids is 2. The fourth-order valence-corrected chi connectivity index (χ4v) is 5.51. The molecule has 2 aromatic rings. The van der Waals surface area contributed by atoms with Gasteiger partial charge in [-0.1, -0.05) is 12.1 Å². The fourth-order valence-electron chi connectivity index (χ4n) is 4.21. The first kappa shape index (κ1) is 32.4. The minimum absolute atomic E-state index is 0.000582. The largest absolute Gasteiger partial charge is 0.490 e. The van der Waals surface area contributed by atoms with Crippen LogP contribution in [-0.2, 0) is 24.3 Å². The van der Waals surface area contributed by atoms with E-state index in [1.807, 2.05) is 26.8 Å². The van der Waals surface area contributed by atoms with Crippen LogP contribution in [0.2, 0.25) is 0 Å². The van der Waals surface area contributed by atoms with Crippen LogP contribution in [-0.4, -0.2) is 69.1 Å². The Labute approximate surface area is 246 Å². The van der Waals surface area contributed by atoms with Gasteiger partial charge in [0.2, 0.25) is 10.0 Å². The molecule has 1 heterocycles. The molecule has 0 spiro atoms. The maximum absolute atomic E-state index is 15.1. The second kappa shape index (κ2) is 14.2. The highest BCUT2D eigenvalue weighted by Gasteiger charge is 2.29. The molecule has 0 aromatic heterocycles. The lowest BCUT2D eigenvalue weighted by molar-refractivity contribution is -0.139. The van der Waals surface area contributed by atoms with E-state index in [1.54, 1.807) is 42.2 Å². The monoisotopic (exact) mass is 601 g/mol. The van der Waals surface area contributed by atoms with Crippen molar-refractivity contribution in [2.45, 2.75) is 52.2 Å². The third-order valence-electron chi connectivity index (χ3n) is 6.10. The van der Waals surface area contributed by atoms with Crippen molar-refractivity contribution >= 4 is 33.8 Å². The Morgan fingerprint density at radius 1 is 1.14 bits per heavy atom. The molecular formula is C30H36FN3O7S. The molecule has 3 rings (SSSR count). The van der Waals surface area contributed by atoms with Crippen LogP contribution in [0.15, 0.2) is 54.4 Å². The molecule has 1 amide bonds. The first-order valence-electron chi connectivity index (χ1n) is 13.6. The molecule has 226 valence electrons. The zero-order valence-electron chi connectivity index (χ0n) is 24.2. The molecule has 1 saturated heterocycles. The number of benzene rings is 2. The Hall–Kier alpha value is -4.11. The molecular weight excluding hydrogens is 565 g/mol. The second-order valence-corrected chi connectivity index (χ2v) is 12.6. The van der Waals surface area contributed by atoms with E-state index in [-0.39, 0.29) is 24.5 Å². The minimum Gasteiger partial charge on any atom is -0.490 e. The van der Waals surface area contributed by atoms with Crippen molar-refractivity contribution < 1.29 is 36.6 Å². The van der Waals surface area contributed by atoms with Gasteiger partial charge in [-0.25, -0.2) is 17.6 Å². The minimum atomic E-state index is -4.33. The van der Waals surface area contributed by atoms with Crippen LogP contribution in [0.25, 0.3) is 6.08 Å². The Bertz CT molecular complexity index is 1420. The van der Waals surface area contributed by atoms with E-state index in [9.17, 15) is 18.0 Å². The zero-order chi connectivity index (χ0) is 30.9. The third kappa shape index (κ3) is 9.76. The first-order chi connectivity index (χ1) is 19.8. The molecule has 0 aliphatic carbocycles. The maximum Gasteiger partial charge on any atom is 0.410 e. The zero-order valence-corrected chi connectivity index (χ0v) is 25.0.